The van der Waals surface area contributed by atoms with Gasteiger partial charge in [-0.05, 0) is 19.1 Å². The van der Waals surface area contributed by atoms with Crippen LogP contribution in [-0.2, 0) is 11.0 Å². The summed E-state index contributed by atoms with van der Waals surface area (Å²) in [5.41, 5.74) is -0.890. The van der Waals surface area contributed by atoms with Crippen LogP contribution in [0.25, 0.3) is 11.3 Å². The van der Waals surface area contributed by atoms with E-state index in [4.69, 9.17) is 16.3 Å². The predicted octanol–water partition coefficient (Wildman–Crippen LogP) is 3.25. The summed E-state index contributed by atoms with van der Waals surface area (Å²) in [6.07, 6.45) is -4.81. The Labute approximate surface area is 122 Å². The molecule has 0 fully saturated rings. The number of benzene rings is 1. The first kappa shape index (κ1) is 15.3. The van der Waals surface area contributed by atoms with Gasteiger partial charge in [-0.2, -0.15) is 0 Å². The number of hydrogen-bond acceptors (Lipinski definition) is 4. The number of esters is 1. The van der Waals surface area contributed by atoms with E-state index in [0.717, 1.165) is 0 Å². The molecule has 0 bridgehead atoms. The molecule has 0 saturated heterocycles. The Morgan fingerprint density at radius 1 is 1.33 bits per heavy atom. The molecule has 1 heterocycles. The maximum Gasteiger partial charge on any atom is 0.506 e. The van der Waals surface area contributed by atoms with E-state index in [2.05, 4.69) is 10.3 Å². The van der Waals surface area contributed by atoms with Crippen LogP contribution in [0.5, 0.6) is 0 Å². The molecule has 0 N–H and O–H groups in total. The van der Waals surface area contributed by atoms with E-state index in [0.29, 0.717) is 5.02 Å². The maximum absolute atomic E-state index is 13.0. The van der Waals surface area contributed by atoms with Crippen molar-refractivity contribution in [2.24, 2.45) is 0 Å². The minimum absolute atomic E-state index is 0.0117. The fourth-order valence-electron chi connectivity index (χ4n) is 1.66. The van der Waals surface area contributed by atoms with Crippen LogP contribution in [0.2, 0.25) is 5.02 Å². The van der Waals surface area contributed by atoms with Crippen LogP contribution in [0.4, 0.5) is 13.2 Å². The molecule has 9 heteroatoms. The van der Waals surface area contributed by atoms with E-state index < -0.39 is 23.7 Å². The minimum atomic E-state index is -4.81. The van der Waals surface area contributed by atoms with Crippen LogP contribution >= 0.6 is 11.6 Å². The lowest BCUT2D eigenvalue weighted by molar-refractivity contribution is -0.211. The summed E-state index contributed by atoms with van der Waals surface area (Å²) < 4.78 is 43.3. The van der Waals surface area contributed by atoms with Gasteiger partial charge >= 0.3 is 12.3 Å². The standard InChI is InChI=1S/C12H9ClF3N3O2/c1-2-21-11(20)9-10(7-3-5-8(13)6-4-7)19(18-17-9)12(14,15)16/h3-6H,2H2,1H3. The molecule has 2 rings (SSSR count). The number of hydrogen-bond donors (Lipinski definition) is 0. The molecule has 0 aliphatic heterocycles. The summed E-state index contributed by atoms with van der Waals surface area (Å²) >= 11 is 5.70. The van der Waals surface area contributed by atoms with E-state index in [1.54, 1.807) is 0 Å². The molecule has 21 heavy (non-hydrogen) atoms. The second-order valence-corrected chi connectivity index (χ2v) is 4.33. The number of aromatic nitrogens is 3. The molecule has 0 atom stereocenters. The fourth-order valence-corrected chi connectivity index (χ4v) is 1.79. The Hall–Kier alpha value is -2.09. The normalized spacial score (nSPS) is 11.5. The van der Waals surface area contributed by atoms with Crippen molar-refractivity contribution in [2.75, 3.05) is 6.61 Å². The van der Waals surface area contributed by atoms with Gasteiger partial charge in [0.2, 0.25) is 0 Å². The van der Waals surface area contributed by atoms with Gasteiger partial charge in [0.25, 0.3) is 0 Å². The highest BCUT2D eigenvalue weighted by atomic mass is 35.5. The van der Waals surface area contributed by atoms with Crippen molar-refractivity contribution in [3.05, 3.63) is 35.0 Å². The number of halogens is 4. The van der Waals surface area contributed by atoms with Gasteiger partial charge in [0.15, 0.2) is 5.69 Å². The average molecular weight is 320 g/mol. The lowest BCUT2D eigenvalue weighted by Crippen LogP contribution is -2.20. The predicted molar refractivity (Wildman–Crippen MR) is 67.7 cm³/mol. The Bertz CT molecular complexity index is 653. The summed E-state index contributed by atoms with van der Waals surface area (Å²) in [6.45, 7) is 1.55. The van der Waals surface area contributed by atoms with Crippen molar-refractivity contribution >= 4 is 17.6 Å². The monoisotopic (exact) mass is 319 g/mol. The average Bonchev–Trinajstić information content (AvgIpc) is 2.84. The van der Waals surface area contributed by atoms with Gasteiger partial charge in [-0.1, -0.05) is 28.9 Å². The van der Waals surface area contributed by atoms with E-state index in [-0.39, 0.29) is 16.9 Å². The second kappa shape index (κ2) is 5.72. The van der Waals surface area contributed by atoms with Crippen LogP contribution in [0.3, 0.4) is 0 Å². The molecule has 112 valence electrons. The van der Waals surface area contributed by atoms with Crippen LogP contribution in [0.1, 0.15) is 17.4 Å². The topological polar surface area (TPSA) is 57.0 Å². The Morgan fingerprint density at radius 2 is 1.95 bits per heavy atom. The van der Waals surface area contributed by atoms with Crippen LogP contribution in [-0.4, -0.2) is 27.6 Å². The van der Waals surface area contributed by atoms with Gasteiger partial charge in [-0.15, -0.1) is 23.0 Å². The lowest BCUT2D eigenvalue weighted by atomic mass is 10.1. The van der Waals surface area contributed by atoms with Crippen LogP contribution in [0, 0.1) is 0 Å². The first-order valence-electron chi connectivity index (χ1n) is 5.80. The number of nitrogens with zero attached hydrogens (tertiary/aromatic N) is 3. The van der Waals surface area contributed by atoms with Crippen molar-refractivity contribution in [3.8, 4) is 11.3 Å². The van der Waals surface area contributed by atoms with E-state index in [9.17, 15) is 18.0 Å². The highest BCUT2D eigenvalue weighted by molar-refractivity contribution is 6.30. The van der Waals surface area contributed by atoms with Gasteiger partial charge in [0, 0.05) is 10.6 Å². The van der Waals surface area contributed by atoms with Gasteiger partial charge in [-0.25, -0.2) is 4.79 Å². The number of rotatable bonds is 3. The number of alkyl halides is 3. The summed E-state index contributed by atoms with van der Waals surface area (Å²) in [5.74, 6) is -0.974. The van der Waals surface area contributed by atoms with Gasteiger partial charge in [0.1, 0.15) is 5.69 Å². The molecule has 5 nitrogen and oxygen atoms in total. The molecule has 0 aliphatic carbocycles. The maximum atomic E-state index is 13.0. The number of carbonyl (C=O) groups is 1. The van der Waals surface area contributed by atoms with Crippen molar-refractivity contribution in [2.45, 2.75) is 13.2 Å². The molecule has 0 aliphatic rings. The first-order valence-corrected chi connectivity index (χ1v) is 6.18. The molecule has 0 saturated carbocycles. The second-order valence-electron chi connectivity index (χ2n) is 3.89. The van der Waals surface area contributed by atoms with Crippen LogP contribution in [0.15, 0.2) is 24.3 Å². The molecule has 0 amide bonds. The first-order chi connectivity index (χ1) is 9.84. The highest BCUT2D eigenvalue weighted by Gasteiger charge is 2.38. The molecule has 2 aromatic rings. The third kappa shape index (κ3) is 3.15. The zero-order chi connectivity index (χ0) is 15.6. The zero-order valence-electron chi connectivity index (χ0n) is 10.7. The quantitative estimate of drug-likeness (QED) is 0.815. The van der Waals surface area contributed by atoms with Gasteiger partial charge in [0.05, 0.1) is 6.61 Å². The SMILES string of the molecule is CCOC(=O)c1nnn(C(F)(F)F)c1-c1ccc(Cl)cc1. The summed E-state index contributed by atoms with van der Waals surface area (Å²) in [4.78, 5) is 11.7. The van der Waals surface area contributed by atoms with E-state index in [1.165, 1.54) is 31.2 Å². The molecular formula is C12H9ClF3N3O2. The molecular weight excluding hydrogens is 311 g/mol. The molecule has 0 spiro atoms. The van der Waals surface area contributed by atoms with E-state index in [1.807, 2.05) is 0 Å². The Morgan fingerprint density at radius 3 is 2.48 bits per heavy atom. The van der Waals surface area contributed by atoms with Crippen LogP contribution < -0.4 is 0 Å². The number of ether oxygens (including phenoxy) is 1. The Kier molecular flexibility index (Phi) is 4.17. The molecule has 0 unspecified atom stereocenters. The van der Waals surface area contributed by atoms with Crippen molar-refractivity contribution < 1.29 is 22.7 Å². The lowest BCUT2D eigenvalue weighted by Gasteiger charge is -2.10. The highest BCUT2D eigenvalue weighted by Crippen LogP contribution is 2.31. The summed E-state index contributed by atoms with van der Waals surface area (Å²) in [5, 5.41) is 6.63. The molecule has 1 aromatic carbocycles. The largest absolute Gasteiger partial charge is 0.506 e. The van der Waals surface area contributed by atoms with Gasteiger partial charge < -0.3 is 4.74 Å². The van der Waals surface area contributed by atoms with Crippen molar-refractivity contribution in [1.82, 2.24) is 15.0 Å². The third-order valence-corrected chi connectivity index (χ3v) is 2.75. The smallest absolute Gasteiger partial charge is 0.461 e. The summed E-state index contributed by atoms with van der Waals surface area (Å²) in [7, 11) is 0. The third-order valence-electron chi connectivity index (χ3n) is 2.50. The van der Waals surface area contributed by atoms with Crippen molar-refractivity contribution in [1.29, 1.82) is 0 Å². The molecule has 1 aromatic heterocycles. The fraction of sp³-hybridized carbons (Fsp3) is 0.250. The molecule has 0 radical (unpaired) electrons. The number of carbonyl (C=O) groups excluding carboxylic acids is 1. The Balaban J connectivity index is 2.61. The minimum Gasteiger partial charge on any atom is -0.461 e. The van der Waals surface area contributed by atoms with Gasteiger partial charge in [-0.3, -0.25) is 0 Å². The van der Waals surface area contributed by atoms with E-state index >= 15 is 0 Å². The summed E-state index contributed by atoms with van der Waals surface area (Å²) in [6, 6.07) is 5.48. The van der Waals surface area contributed by atoms with Crippen molar-refractivity contribution in [3.63, 3.8) is 0 Å². The zero-order valence-corrected chi connectivity index (χ0v) is 11.4.